The maximum Gasteiger partial charge on any atom is 0.253 e. The highest BCUT2D eigenvalue weighted by Gasteiger charge is 2.34. The van der Waals surface area contributed by atoms with E-state index in [1.54, 1.807) is 0 Å². The lowest BCUT2D eigenvalue weighted by Gasteiger charge is -2.18. The summed E-state index contributed by atoms with van der Waals surface area (Å²) in [6.07, 6.45) is 0. The first-order valence-corrected chi connectivity index (χ1v) is 7.53. The molecule has 0 saturated carbocycles. The van der Waals surface area contributed by atoms with Crippen LogP contribution in [0.15, 0.2) is 36.4 Å². The minimum absolute atomic E-state index is 0.112. The van der Waals surface area contributed by atoms with Crippen LogP contribution in [0, 0.1) is 52.4 Å². The van der Waals surface area contributed by atoms with E-state index in [-0.39, 0.29) is 18.2 Å². The van der Waals surface area contributed by atoms with Crippen molar-refractivity contribution in [3.8, 4) is 0 Å². The number of rotatable bonds is 3. The van der Waals surface area contributed by atoms with Crippen molar-refractivity contribution in [3.05, 3.63) is 88.8 Å². The predicted octanol–water partition coefficient (Wildman–Crippen LogP) is 3.45. The van der Waals surface area contributed by atoms with Gasteiger partial charge in [-0.3, -0.25) is 0 Å². The normalized spacial score (nSPS) is 11.0. The van der Waals surface area contributed by atoms with Crippen LogP contribution in [0.4, 0.5) is 39.5 Å². The molecule has 0 saturated heterocycles. The summed E-state index contributed by atoms with van der Waals surface area (Å²) in [4.78, 5) is 0. The van der Waals surface area contributed by atoms with Crippen LogP contribution < -0.4 is 16.4 Å². The summed E-state index contributed by atoms with van der Waals surface area (Å²) in [5, 5.41) is 0. The molecule has 0 aliphatic heterocycles. The van der Waals surface area contributed by atoms with Gasteiger partial charge in [0.2, 0.25) is 0 Å². The van der Waals surface area contributed by atoms with E-state index in [1.165, 1.54) is 0 Å². The van der Waals surface area contributed by atoms with Crippen molar-refractivity contribution in [1.82, 2.24) is 0 Å². The average Bonchev–Trinajstić information content (AvgIpc) is 2.60. The lowest BCUT2D eigenvalue weighted by atomic mass is 9.36. The fourth-order valence-corrected chi connectivity index (χ4v) is 2.86. The lowest BCUT2D eigenvalue weighted by Crippen LogP contribution is -2.56. The van der Waals surface area contributed by atoms with Gasteiger partial charge in [0, 0.05) is 18.2 Å². The van der Waals surface area contributed by atoms with Gasteiger partial charge < -0.3 is 0 Å². The molecule has 3 aromatic carbocycles. The van der Waals surface area contributed by atoms with Gasteiger partial charge in [-0.2, -0.15) is 0 Å². The molecule has 0 nitrogen and oxygen atoms in total. The van der Waals surface area contributed by atoms with Crippen LogP contribution in [0.5, 0.6) is 0 Å². The van der Waals surface area contributed by atoms with Crippen molar-refractivity contribution in [2.24, 2.45) is 0 Å². The molecule has 144 valence electrons. The van der Waals surface area contributed by atoms with Crippen LogP contribution in [0.3, 0.4) is 0 Å². The molecular weight excluding hydrogens is 398 g/mol. The monoisotopic (exact) mass is 404 g/mol. The Morgan fingerprint density at radius 3 is 0.893 bits per heavy atom. The number of halogens is 9. The van der Waals surface area contributed by atoms with Crippen LogP contribution in [0.25, 0.3) is 0 Å². The maximum atomic E-state index is 14.3. The van der Waals surface area contributed by atoms with E-state index in [2.05, 4.69) is 0 Å². The summed E-state index contributed by atoms with van der Waals surface area (Å²) < 4.78 is 125. The Morgan fingerprint density at radius 2 is 0.643 bits per heavy atom. The second kappa shape index (κ2) is 7.25. The molecule has 0 radical (unpaired) electrons. The first-order valence-electron chi connectivity index (χ1n) is 7.53. The zero-order chi connectivity index (χ0) is 20.7. The summed E-state index contributed by atoms with van der Waals surface area (Å²) in [6, 6.07) is 1.23. The number of hydrogen-bond acceptors (Lipinski definition) is 0. The Kier molecular flexibility index (Phi) is 5.14. The van der Waals surface area contributed by atoms with E-state index in [9.17, 15) is 39.5 Å². The SMILES string of the molecule is Fc1cc(F)c(F)c(B(c2cc(F)cc(F)c2F)c2cc(F)cc(F)c2F)c1. The van der Waals surface area contributed by atoms with Crippen molar-refractivity contribution in [2.45, 2.75) is 0 Å². The number of hydrogen-bond donors (Lipinski definition) is 0. The molecule has 0 atom stereocenters. The molecule has 0 N–H and O–H groups in total. The molecule has 0 bridgehead atoms. The largest absolute Gasteiger partial charge is 0.253 e. The van der Waals surface area contributed by atoms with Crippen LogP contribution in [-0.2, 0) is 0 Å². The highest BCUT2D eigenvalue weighted by molar-refractivity contribution is 6.95. The second-order valence-electron chi connectivity index (χ2n) is 5.81. The fraction of sp³-hybridized carbons (Fsp3) is 0. The van der Waals surface area contributed by atoms with Crippen LogP contribution in [0.2, 0.25) is 0 Å². The minimum Gasteiger partial charge on any atom is -0.207 e. The van der Waals surface area contributed by atoms with Gasteiger partial charge >= 0.3 is 0 Å². The minimum atomic E-state index is -2.31. The highest BCUT2D eigenvalue weighted by Crippen LogP contribution is 2.14. The van der Waals surface area contributed by atoms with Gasteiger partial charge in [-0.15, -0.1) is 0 Å². The molecule has 0 unspecified atom stereocenters. The van der Waals surface area contributed by atoms with Gasteiger partial charge in [0.25, 0.3) is 6.71 Å². The first kappa shape index (κ1) is 19.8. The quantitative estimate of drug-likeness (QED) is 0.357. The molecular formula is C18H6BF9. The molecule has 0 aromatic heterocycles. The zero-order valence-corrected chi connectivity index (χ0v) is 13.4. The third kappa shape index (κ3) is 3.46. The lowest BCUT2D eigenvalue weighted by molar-refractivity contribution is 0.496. The van der Waals surface area contributed by atoms with Crippen LogP contribution >= 0.6 is 0 Å². The van der Waals surface area contributed by atoms with E-state index in [4.69, 9.17) is 0 Å². The van der Waals surface area contributed by atoms with Gasteiger partial charge in [-0.1, -0.05) is 0 Å². The summed E-state index contributed by atoms with van der Waals surface area (Å²) in [6.45, 7) is -2.31. The van der Waals surface area contributed by atoms with Gasteiger partial charge in [0.1, 0.15) is 17.5 Å². The van der Waals surface area contributed by atoms with Crippen LogP contribution in [-0.4, -0.2) is 6.71 Å². The predicted molar refractivity (Wildman–Crippen MR) is 83.6 cm³/mol. The third-order valence-corrected chi connectivity index (χ3v) is 4.00. The zero-order valence-electron chi connectivity index (χ0n) is 13.4. The van der Waals surface area contributed by atoms with Crippen molar-refractivity contribution < 1.29 is 39.5 Å². The number of benzene rings is 3. The molecule has 3 rings (SSSR count). The first-order chi connectivity index (χ1) is 13.1. The molecule has 28 heavy (non-hydrogen) atoms. The van der Waals surface area contributed by atoms with Crippen molar-refractivity contribution in [1.29, 1.82) is 0 Å². The maximum absolute atomic E-state index is 14.3. The van der Waals surface area contributed by atoms with E-state index >= 15 is 0 Å². The van der Waals surface area contributed by atoms with Gasteiger partial charge in [-0.25, -0.2) is 39.5 Å². The Morgan fingerprint density at radius 1 is 0.393 bits per heavy atom. The summed E-state index contributed by atoms with van der Waals surface area (Å²) in [5.74, 6) is -15.0. The molecule has 0 spiro atoms. The fourth-order valence-electron chi connectivity index (χ4n) is 2.86. The Labute approximate surface area is 152 Å². The van der Waals surface area contributed by atoms with Crippen LogP contribution in [0.1, 0.15) is 0 Å². The van der Waals surface area contributed by atoms with Crippen molar-refractivity contribution in [3.63, 3.8) is 0 Å². The average molecular weight is 404 g/mol. The molecule has 3 aromatic rings. The Hall–Kier alpha value is -2.91. The molecule has 0 amide bonds. The van der Waals surface area contributed by atoms with E-state index in [0.717, 1.165) is 0 Å². The Bertz CT molecular complexity index is 945. The summed E-state index contributed by atoms with van der Waals surface area (Å²) in [7, 11) is 0. The topological polar surface area (TPSA) is 0 Å². The van der Waals surface area contributed by atoms with Gasteiger partial charge in [0.15, 0.2) is 34.9 Å². The second-order valence-corrected chi connectivity index (χ2v) is 5.81. The molecule has 0 fully saturated rings. The van der Waals surface area contributed by atoms with E-state index < -0.39 is 75.5 Å². The van der Waals surface area contributed by atoms with Gasteiger partial charge in [-0.05, 0) is 34.6 Å². The summed E-state index contributed by atoms with van der Waals surface area (Å²) >= 11 is 0. The standard InChI is InChI=1S/C18H6BF9/c20-7-1-10(16(26)13(23)4-7)19(11-2-8(21)5-14(24)17(11)27)12-3-9(22)6-15(25)18(12)28/h1-6H. The van der Waals surface area contributed by atoms with Crippen molar-refractivity contribution in [2.75, 3.05) is 0 Å². The summed E-state index contributed by atoms with van der Waals surface area (Å²) in [5.41, 5.74) is -3.36. The molecule has 0 heterocycles. The van der Waals surface area contributed by atoms with Gasteiger partial charge in [0.05, 0.1) is 0 Å². The molecule has 0 aliphatic rings. The van der Waals surface area contributed by atoms with E-state index in [1.807, 2.05) is 0 Å². The Balaban J connectivity index is 2.44. The van der Waals surface area contributed by atoms with Crippen molar-refractivity contribution >= 4 is 23.1 Å². The van der Waals surface area contributed by atoms with E-state index in [0.29, 0.717) is 18.2 Å². The smallest absolute Gasteiger partial charge is 0.207 e. The highest BCUT2D eigenvalue weighted by atomic mass is 19.2. The third-order valence-electron chi connectivity index (χ3n) is 4.00. The molecule has 0 aliphatic carbocycles. The molecule has 10 heteroatoms.